The van der Waals surface area contributed by atoms with Gasteiger partial charge in [-0.05, 0) is 37.4 Å². The fourth-order valence-electron chi connectivity index (χ4n) is 2.07. The lowest BCUT2D eigenvalue weighted by Gasteiger charge is -2.08. The van der Waals surface area contributed by atoms with Crippen LogP contribution in [0, 0.1) is 0 Å². The summed E-state index contributed by atoms with van der Waals surface area (Å²) < 4.78 is 11.6. The Morgan fingerprint density at radius 3 is 2.73 bits per heavy atom. The molecule has 0 spiro atoms. The molecule has 0 unspecified atom stereocenters. The van der Waals surface area contributed by atoms with Crippen molar-refractivity contribution >= 4 is 34.7 Å². The standard InChI is InChI=1S/C15H17NO5S/c1-3-20-15(19)16-12-5-4-11(21-6-7-22-2)8-10(12)9-13(16)14(17)18/h4-5,8-9H,3,6-7H2,1-2H3,(H,17,18). The predicted octanol–water partition coefficient (Wildman–Crippen LogP) is 3.09. The summed E-state index contributed by atoms with van der Waals surface area (Å²) in [5.41, 5.74) is 0.350. The number of hydrogen-bond donors (Lipinski definition) is 1. The molecule has 0 aliphatic heterocycles. The van der Waals surface area contributed by atoms with Gasteiger partial charge >= 0.3 is 12.1 Å². The average Bonchev–Trinajstić information content (AvgIpc) is 2.86. The van der Waals surface area contributed by atoms with Crippen LogP contribution in [0.2, 0.25) is 0 Å². The SMILES string of the molecule is CCOC(=O)n1c(C(=O)O)cc2cc(OCCSC)ccc21. The third-order valence-corrected chi connectivity index (χ3v) is 3.57. The second-order valence-corrected chi connectivity index (χ2v) is 5.42. The highest BCUT2D eigenvalue weighted by Gasteiger charge is 2.20. The molecule has 22 heavy (non-hydrogen) atoms. The first-order chi connectivity index (χ1) is 10.6. The summed E-state index contributed by atoms with van der Waals surface area (Å²) in [6.07, 6.45) is 1.29. The number of rotatable bonds is 6. The smallest absolute Gasteiger partial charge is 0.419 e. The van der Waals surface area contributed by atoms with Crippen molar-refractivity contribution in [1.29, 1.82) is 0 Å². The van der Waals surface area contributed by atoms with Gasteiger partial charge in [-0.25, -0.2) is 14.2 Å². The predicted molar refractivity (Wildman–Crippen MR) is 85.2 cm³/mol. The zero-order valence-corrected chi connectivity index (χ0v) is 13.2. The van der Waals surface area contributed by atoms with Gasteiger partial charge in [0, 0.05) is 11.1 Å². The summed E-state index contributed by atoms with van der Waals surface area (Å²) in [6, 6.07) is 6.53. The van der Waals surface area contributed by atoms with Crippen molar-refractivity contribution in [2.24, 2.45) is 0 Å². The van der Waals surface area contributed by atoms with Crippen LogP contribution >= 0.6 is 11.8 Å². The van der Waals surface area contributed by atoms with Gasteiger partial charge in [0.05, 0.1) is 18.7 Å². The van der Waals surface area contributed by atoms with Gasteiger partial charge in [0.15, 0.2) is 0 Å². The van der Waals surface area contributed by atoms with E-state index in [1.54, 1.807) is 36.9 Å². The van der Waals surface area contributed by atoms with E-state index in [1.807, 2.05) is 6.26 Å². The highest BCUT2D eigenvalue weighted by atomic mass is 32.2. The van der Waals surface area contributed by atoms with E-state index in [2.05, 4.69) is 0 Å². The number of benzene rings is 1. The van der Waals surface area contributed by atoms with E-state index in [9.17, 15) is 14.7 Å². The maximum absolute atomic E-state index is 12.0. The van der Waals surface area contributed by atoms with E-state index < -0.39 is 12.1 Å². The molecular formula is C15H17NO5S. The number of thioether (sulfide) groups is 1. The Morgan fingerprint density at radius 2 is 2.09 bits per heavy atom. The van der Waals surface area contributed by atoms with Crippen molar-refractivity contribution in [3.63, 3.8) is 0 Å². The quantitative estimate of drug-likeness (QED) is 0.823. The molecule has 7 heteroatoms. The van der Waals surface area contributed by atoms with Crippen LogP contribution in [0.5, 0.6) is 5.75 Å². The van der Waals surface area contributed by atoms with Crippen molar-refractivity contribution in [3.05, 3.63) is 30.0 Å². The summed E-state index contributed by atoms with van der Waals surface area (Å²) >= 11 is 1.68. The number of aromatic nitrogens is 1. The number of carbonyl (C=O) groups is 2. The second-order valence-electron chi connectivity index (χ2n) is 4.43. The minimum atomic E-state index is -1.19. The van der Waals surface area contributed by atoms with Crippen molar-refractivity contribution in [1.82, 2.24) is 4.57 Å². The van der Waals surface area contributed by atoms with E-state index in [-0.39, 0.29) is 12.3 Å². The summed E-state index contributed by atoms with van der Waals surface area (Å²) in [5.74, 6) is 0.316. The van der Waals surface area contributed by atoms with Crippen LogP contribution < -0.4 is 4.74 Å². The molecular weight excluding hydrogens is 306 g/mol. The molecule has 1 aromatic heterocycles. The van der Waals surface area contributed by atoms with Crippen LogP contribution in [0.3, 0.4) is 0 Å². The lowest BCUT2D eigenvalue weighted by Crippen LogP contribution is -2.18. The van der Waals surface area contributed by atoms with Crippen molar-refractivity contribution in [2.75, 3.05) is 25.2 Å². The summed E-state index contributed by atoms with van der Waals surface area (Å²) in [5, 5.41) is 9.88. The number of aromatic carboxylic acids is 1. The molecule has 0 bridgehead atoms. The maximum Gasteiger partial charge on any atom is 0.419 e. The zero-order chi connectivity index (χ0) is 16.1. The van der Waals surface area contributed by atoms with Gasteiger partial charge in [-0.2, -0.15) is 11.8 Å². The summed E-state index contributed by atoms with van der Waals surface area (Å²) in [6.45, 7) is 2.41. The number of carboxylic acid groups (broad SMARTS) is 1. The highest BCUT2D eigenvalue weighted by Crippen LogP contribution is 2.25. The van der Waals surface area contributed by atoms with Crippen molar-refractivity contribution in [2.45, 2.75) is 6.92 Å². The van der Waals surface area contributed by atoms with E-state index in [0.29, 0.717) is 23.3 Å². The van der Waals surface area contributed by atoms with Gasteiger partial charge in [0.2, 0.25) is 0 Å². The van der Waals surface area contributed by atoms with Crippen LogP contribution in [0.4, 0.5) is 4.79 Å². The van der Waals surface area contributed by atoms with E-state index >= 15 is 0 Å². The molecule has 118 valence electrons. The molecule has 0 radical (unpaired) electrons. The lowest BCUT2D eigenvalue weighted by atomic mass is 10.2. The fourth-order valence-corrected chi connectivity index (χ4v) is 2.32. The minimum Gasteiger partial charge on any atom is -0.493 e. The monoisotopic (exact) mass is 323 g/mol. The first-order valence-corrected chi connectivity index (χ1v) is 8.15. The molecule has 1 aromatic carbocycles. The first kappa shape index (κ1) is 16.2. The number of fused-ring (bicyclic) bond motifs is 1. The molecule has 0 saturated heterocycles. The first-order valence-electron chi connectivity index (χ1n) is 6.76. The Labute approximate surface area is 132 Å². The molecule has 0 fully saturated rings. The lowest BCUT2D eigenvalue weighted by molar-refractivity contribution is 0.0682. The largest absolute Gasteiger partial charge is 0.493 e. The normalized spacial score (nSPS) is 10.6. The summed E-state index contributed by atoms with van der Waals surface area (Å²) in [4.78, 5) is 23.3. The number of ether oxygens (including phenoxy) is 2. The van der Waals surface area contributed by atoms with Gasteiger partial charge in [0.25, 0.3) is 0 Å². The Morgan fingerprint density at radius 1 is 1.32 bits per heavy atom. The Kier molecular flexibility index (Phi) is 5.32. The Bertz CT molecular complexity index is 695. The average molecular weight is 323 g/mol. The molecule has 6 nitrogen and oxygen atoms in total. The molecule has 1 N–H and O–H groups in total. The highest BCUT2D eigenvalue weighted by molar-refractivity contribution is 7.98. The number of nitrogens with zero attached hydrogens (tertiary/aromatic N) is 1. The fraction of sp³-hybridized carbons (Fsp3) is 0.333. The second kappa shape index (κ2) is 7.22. The maximum atomic E-state index is 12.0. The number of carboxylic acids is 1. The molecule has 0 saturated carbocycles. The van der Waals surface area contributed by atoms with Crippen LogP contribution in [-0.4, -0.2) is 47.0 Å². The van der Waals surface area contributed by atoms with E-state index in [0.717, 1.165) is 10.3 Å². The minimum absolute atomic E-state index is 0.130. The zero-order valence-electron chi connectivity index (χ0n) is 12.4. The van der Waals surface area contributed by atoms with Gasteiger partial charge < -0.3 is 14.6 Å². The number of carbonyl (C=O) groups excluding carboxylic acids is 1. The van der Waals surface area contributed by atoms with Crippen molar-refractivity contribution < 1.29 is 24.2 Å². The van der Waals surface area contributed by atoms with E-state index in [4.69, 9.17) is 9.47 Å². The molecule has 0 atom stereocenters. The van der Waals surface area contributed by atoms with Gasteiger partial charge in [-0.1, -0.05) is 0 Å². The summed E-state index contributed by atoms with van der Waals surface area (Å²) in [7, 11) is 0. The molecule has 0 aliphatic carbocycles. The van der Waals surface area contributed by atoms with E-state index in [1.165, 1.54) is 6.07 Å². The van der Waals surface area contributed by atoms with Gasteiger partial charge in [-0.3, -0.25) is 0 Å². The van der Waals surface area contributed by atoms with Crippen LogP contribution in [0.15, 0.2) is 24.3 Å². The molecule has 0 amide bonds. The van der Waals surface area contributed by atoms with Crippen LogP contribution in [0.25, 0.3) is 10.9 Å². The Balaban J connectivity index is 2.42. The molecule has 2 rings (SSSR count). The molecule has 1 heterocycles. The Hall–Kier alpha value is -2.15. The third-order valence-electron chi connectivity index (χ3n) is 3.00. The topological polar surface area (TPSA) is 77.8 Å². The van der Waals surface area contributed by atoms with Gasteiger partial charge in [-0.15, -0.1) is 0 Å². The van der Waals surface area contributed by atoms with Crippen molar-refractivity contribution in [3.8, 4) is 5.75 Å². The molecule has 2 aromatic rings. The van der Waals surface area contributed by atoms with Crippen LogP contribution in [0.1, 0.15) is 17.4 Å². The van der Waals surface area contributed by atoms with Crippen LogP contribution in [-0.2, 0) is 4.74 Å². The number of hydrogen-bond acceptors (Lipinski definition) is 5. The third kappa shape index (κ3) is 3.36. The molecule has 0 aliphatic rings. The van der Waals surface area contributed by atoms with Gasteiger partial charge in [0.1, 0.15) is 11.4 Å².